The number of hydrogen-bond donors (Lipinski definition) is 2. The Kier molecular flexibility index (Phi) is 8.04. The molecule has 4 rings (SSSR count). The normalized spacial score (nSPS) is 15.3. The zero-order valence-electron chi connectivity index (χ0n) is 18.1. The predicted molar refractivity (Wildman–Crippen MR) is 142 cm³/mol. The van der Waals surface area contributed by atoms with E-state index in [9.17, 15) is 21.4 Å². The van der Waals surface area contributed by atoms with Gasteiger partial charge in [0.2, 0.25) is 5.52 Å². The van der Waals surface area contributed by atoms with Crippen molar-refractivity contribution in [2.75, 3.05) is 23.0 Å². The first kappa shape index (κ1) is 26.7. The summed E-state index contributed by atoms with van der Waals surface area (Å²) in [5.74, 6) is -0.767. The Labute approximate surface area is 221 Å². The predicted octanol–water partition coefficient (Wildman–Crippen LogP) is 4.96. The van der Waals surface area contributed by atoms with Crippen LogP contribution in [-0.4, -0.2) is 44.0 Å². The van der Waals surface area contributed by atoms with Gasteiger partial charge in [0.15, 0.2) is 6.54 Å². The zero-order chi connectivity index (χ0) is 25.4. The van der Waals surface area contributed by atoms with Crippen LogP contribution in [0.4, 0.5) is 5.69 Å². The summed E-state index contributed by atoms with van der Waals surface area (Å²) < 4.78 is 66.4. The molecule has 2 N–H and O–H groups in total. The molecule has 0 bridgehead atoms. The third kappa shape index (κ3) is 6.89. The number of halogens is 2. The molecule has 0 amide bonds. The van der Waals surface area contributed by atoms with Crippen LogP contribution in [0, 0.1) is 0 Å². The summed E-state index contributed by atoms with van der Waals surface area (Å²) in [4.78, 5) is 2.71. The standard InChI is InChI=1S/C21H20Cl2N2O6S4/c22-14-3-5-18-16(11-14)24(7-1-2-9-34(26,27)28)20(32-18)13-21-25(8-10-35(29,30)31)17-12-15(23)4-6-19(17)33-21/h3-6,11-13H,1-2,7-10H2,(H-,26,27,28,29,30,31)/p+1. The molecule has 2 aromatic carbocycles. The molecule has 188 valence electrons. The van der Waals surface area contributed by atoms with Crippen LogP contribution < -0.4 is 9.47 Å². The van der Waals surface area contributed by atoms with Crippen molar-refractivity contribution in [3.63, 3.8) is 0 Å². The number of thiazole rings is 1. The topological polar surface area (TPSA) is 116 Å². The van der Waals surface area contributed by atoms with E-state index >= 15 is 0 Å². The Balaban J connectivity index is 1.72. The van der Waals surface area contributed by atoms with Gasteiger partial charge < -0.3 is 4.90 Å². The van der Waals surface area contributed by atoms with Gasteiger partial charge in [-0.3, -0.25) is 9.11 Å². The second-order valence-electron chi connectivity index (χ2n) is 7.83. The number of anilines is 1. The molecule has 1 aromatic heterocycles. The lowest BCUT2D eigenvalue weighted by atomic mass is 10.3. The summed E-state index contributed by atoms with van der Waals surface area (Å²) in [6.07, 6.45) is 2.73. The van der Waals surface area contributed by atoms with Gasteiger partial charge in [-0.15, -0.1) is 0 Å². The molecule has 3 aromatic rings. The minimum atomic E-state index is -4.18. The lowest BCUT2D eigenvalue weighted by molar-refractivity contribution is -0.669. The fraction of sp³-hybridized carbons (Fsp3) is 0.286. The van der Waals surface area contributed by atoms with Crippen molar-refractivity contribution in [2.24, 2.45) is 0 Å². The van der Waals surface area contributed by atoms with E-state index in [1.54, 1.807) is 23.1 Å². The number of thioether (sulfide) groups is 1. The number of unbranched alkanes of at least 4 members (excludes halogenated alkanes) is 1. The van der Waals surface area contributed by atoms with Crippen LogP contribution in [0.15, 0.2) is 46.3 Å². The second-order valence-corrected chi connectivity index (χ2v) is 14.0. The maximum Gasteiger partial charge on any atom is 0.266 e. The van der Waals surface area contributed by atoms with Crippen LogP contribution in [0.2, 0.25) is 10.0 Å². The van der Waals surface area contributed by atoms with Gasteiger partial charge in [0.1, 0.15) is 4.70 Å². The number of benzene rings is 2. The summed E-state index contributed by atoms with van der Waals surface area (Å²) in [6.45, 7) is 0.527. The summed E-state index contributed by atoms with van der Waals surface area (Å²) in [6, 6.07) is 10.9. The van der Waals surface area contributed by atoms with E-state index < -0.39 is 26.0 Å². The molecule has 8 nitrogen and oxygen atoms in total. The Morgan fingerprint density at radius 1 is 0.943 bits per heavy atom. The Bertz CT molecular complexity index is 1520. The highest BCUT2D eigenvalue weighted by Gasteiger charge is 2.29. The first-order valence-corrected chi connectivity index (χ1v) is 16.0. The number of aryl methyl sites for hydroxylation is 1. The summed E-state index contributed by atoms with van der Waals surface area (Å²) in [5, 5.41) is 2.68. The molecule has 0 fully saturated rings. The Hall–Kier alpha value is -1.38. The molecule has 2 heterocycles. The average molecular weight is 597 g/mol. The smallest absolute Gasteiger partial charge is 0.266 e. The molecule has 0 saturated heterocycles. The minimum absolute atomic E-state index is 0.0378. The highest BCUT2D eigenvalue weighted by Crippen LogP contribution is 2.47. The van der Waals surface area contributed by atoms with Crippen LogP contribution in [0.25, 0.3) is 16.3 Å². The van der Waals surface area contributed by atoms with Crippen molar-refractivity contribution < 1.29 is 30.5 Å². The second kappa shape index (κ2) is 10.5. The molecule has 1 aliphatic heterocycles. The number of aromatic nitrogens is 1. The van der Waals surface area contributed by atoms with Crippen molar-refractivity contribution in [1.82, 2.24) is 0 Å². The molecule has 0 aliphatic carbocycles. The maximum absolute atomic E-state index is 11.5. The largest absolute Gasteiger partial charge is 0.334 e. The Morgan fingerprint density at radius 3 is 2.34 bits per heavy atom. The van der Waals surface area contributed by atoms with E-state index in [2.05, 4.69) is 0 Å². The van der Waals surface area contributed by atoms with E-state index in [0.29, 0.717) is 29.4 Å². The van der Waals surface area contributed by atoms with Gasteiger partial charge >= 0.3 is 0 Å². The summed E-state index contributed by atoms with van der Waals surface area (Å²) in [5.41, 5.74) is 1.63. The quantitative estimate of drug-likeness (QED) is 0.202. The first-order valence-electron chi connectivity index (χ1n) is 10.4. The van der Waals surface area contributed by atoms with E-state index in [4.69, 9.17) is 27.8 Å². The van der Waals surface area contributed by atoms with Crippen molar-refractivity contribution in [1.29, 1.82) is 0 Å². The molecule has 0 atom stereocenters. The van der Waals surface area contributed by atoms with Crippen molar-refractivity contribution in [3.8, 4) is 0 Å². The fourth-order valence-electron chi connectivity index (χ4n) is 3.69. The molecular weight excluding hydrogens is 575 g/mol. The van der Waals surface area contributed by atoms with Crippen LogP contribution in [0.1, 0.15) is 17.8 Å². The van der Waals surface area contributed by atoms with Crippen LogP contribution >= 0.6 is 46.3 Å². The molecule has 0 unspecified atom stereocenters. The van der Waals surface area contributed by atoms with Crippen molar-refractivity contribution in [2.45, 2.75) is 24.3 Å². The van der Waals surface area contributed by atoms with E-state index in [1.807, 2.05) is 28.8 Å². The number of hydrogen-bond acceptors (Lipinski definition) is 7. The average Bonchev–Trinajstić information content (AvgIpc) is 3.25. The molecule has 0 saturated carbocycles. The number of rotatable bonds is 9. The van der Waals surface area contributed by atoms with Crippen molar-refractivity contribution in [3.05, 3.63) is 56.5 Å². The van der Waals surface area contributed by atoms with Gasteiger partial charge in [-0.25, -0.2) is 0 Å². The van der Waals surface area contributed by atoms with Gasteiger partial charge in [0.25, 0.3) is 25.2 Å². The van der Waals surface area contributed by atoms with Gasteiger partial charge in [-0.05, 0) is 36.8 Å². The molecule has 35 heavy (non-hydrogen) atoms. The van der Waals surface area contributed by atoms with Gasteiger partial charge in [-0.2, -0.15) is 21.4 Å². The molecule has 14 heteroatoms. The van der Waals surface area contributed by atoms with E-state index in [0.717, 1.165) is 30.8 Å². The van der Waals surface area contributed by atoms with E-state index in [-0.39, 0.29) is 12.3 Å². The van der Waals surface area contributed by atoms with Gasteiger partial charge in [0.05, 0.1) is 28.3 Å². The van der Waals surface area contributed by atoms with E-state index in [1.165, 1.54) is 23.1 Å². The third-order valence-corrected chi connectivity index (χ3v) is 9.44. The molecule has 0 radical (unpaired) electrons. The third-order valence-electron chi connectivity index (χ3n) is 5.24. The van der Waals surface area contributed by atoms with Crippen LogP contribution in [0.3, 0.4) is 0 Å². The lowest BCUT2D eigenvalue weighted by Crippen LogP contribution is -2.35. The summed E-state index contributed by atoms with van der Waals surface area (Å²) in [7, 11) is -8.21. The summed E-state index contributed by atoms with van der Waals surface area (Å²) >= 11 is 15.4. The monoisotopic (exact) mass is 595 g/mol. The number of nitrogens with zero attached hydrogens (tertiary/aromatic N) is 2. The van der Waals surface area contributed by atoms with Gasteiger partial charge in [0, 0.05) is 34.0 Å². The molecule has 1 aliphatic rings. The van der Waals surface area contributed by atoms with Crippen LogP contribution in [0.5, 0.6) is 0 Å². The highest BCUT2D eigenvalue weighted by atomic mass is 35.5. The highest BCUT2D eigenvalue weighted by molar-refractivity contribution is 8.04. The first-order chi connectivity index (χ1) is 16.4. The number of fused-ring (bicyclic) bond motifs is 2. The fourth-order valence-corrected chi connectivity index (χ4v) is 7.29. The van der Waals surface area contributed by atoms with Gasteiger partial charge in [-0.1, -0.05) is 46.3 Å². The van der Waals surface area contributed by atoms with Crippen molar-refractivity contribution >= 4 is 88.5 Å². The zero-order valence-corrected chi connectivity index (χ0v) is 22.9. The maximum atomic E-state index is 11.5. The minimum Gasteiger partial charge on any atom is -0.334 e. The molecular formula is C21H21Cl2N2O6S4+. The molecule has 0 spiro atoms. The SMILES string of the molecule is O=S(=O)(O)CCCC[n+]1c(C=C2Sc3ccc(Cl)cc3N2CCS(=O)(=O)O)sc2ccc(Cl)cc21. The lowest BCUT2D eigenvalue weighted by Gasteiger charge is -2.19. The Morgan fingerprint density at radius 2 is 1.63 bits per heavy atom. The van der Waals surface area contributed by atoms with Crippen LogP contribution in [-0.2, 0) is 26.8 Å².